The molecule has 0 spiro atoms. The van der Waals surface area contributed by atoms with Gasteiger partial charge < -0.3 is 4.90 Å². The average Bonchev–Trinajstić information content (AvgIpc) is 3.29. The van der Waals surface area contributed by atoms with Crippen molar-refractivity contribution in [3.8, 4) is 11.1 Å². The third kappa shape index (κ3) is 3.71. The molecule has 1 nitrogen and oxygen atoms in total. The van der Waals surface area contributed by atoms with Crippen LogP contribution in [0.3, 0.4) is 0 Å². The van der Waals surface area contributed by atoms with Crippen molar-refractivity contribution >= 4 is 27.8 Å². The minimum atomic E-state index is 0.724. The van der Waals surface area contributed by atoms with Gasteiger partial charge in [-0.25, -0.2) is 0 Å². The van der Waals surface area contributed by atoms with Crippen molar-refractivity contribution in [1.29, 1.82) is 0 Å². The Labute approximate surface area is 214 Å². The average molecular weight is 466 g/mol. The second-order valence-electron chi connectivity index (χ2n) is 10.5. The Morgan fingerprint density at radius 1 is 0.500 bits per heavy atom. The molecule has 0 radical (unpaired) electrons. The van der Waals surface area contributed by atoms with E-state index < -0.39 is 0 Å². The first-order valence-electron chi connectivity index (χ1n) is 13.4. The molecule has 1 fully saturated rings. The molecular weight excluding hydrogens is 434 g/mol. The summed E-state index contributed by atoms with van der Waals surface area (Å²) in [5.41, 5.74) is 9.44. The highest BCUT2D eigenvalue weighted by Crippen LogP contribution is 2.49. The Kier molecular flexibility index (Phi) is 5.35. The summed E-state index contributed by atoms with van der Waals surface area (Å²) in [6, 6.07) is 42.5. The fourth-order valence-electron chi connectivity index (χ4n) is 6.62. The van der Waals surface area contributed by atoms with Gasteiger partial charge in [-0.3, -0.25) is 0 Å². The first-order chi connectivity index (χ1) is 17.8. The summed E-state index contributed by atoms with van der Waals surface area (Å²) in [6.07, 6.45) is 6.80. The molecule has 36 heavy (non-hydrogen) atoms. The van der Waals surface area contributed by atoms with E-state index in [2.05, 4.69) is 120 Å². The van der Waals surface area contributed by atoms with Crippen LogP contribution in [0.4, 0.5) is 17.1 Å². The second-order valence-corrected chi connectivity index (χ2v) is 10.5. The van der Waals surface area contributed by atoms with E-state index in [0.29, 0.717) is 0 Å². The number of nitrogens with zero attached hydrogens (tertiary/aromatic N) is 1. The van der Waals surface area contributed by atoms with Crippen LogP contribution in [0.15, 0.2) is 115 Å². The molecule has 176 valence electrons. The van der Waals surface area contributed by atoms with Crippen LogP contribution in [-0.4, -0.2) is 0 Å². The van der Waals surface area contributed by atoms with E-state index in [1.54, 1.807) is 11.1 Å². The predicted octanol–water partition coefficient (Wildman–Crippen LogP) is 10.1. The van der Waals surface area contributed by atoms with E-state index in [0.717, 1.165) is 11.8 Å². The van der Waals surface area contributed by atoms with Crippen molar-refractivity contribution in [2.75, 3.05) is 4.90 Å². The minimum Gasteiger partial charge on any atom is -0.310 e. The number of benzene rings is 5. The largest absolute Gasteiger partial charge is 0.310 e. The van der Waals surface area contributed by atoms with Gasteiger partial charge in [-0.2, -0.15) is 0 Å². The summed E-state index contributed by atoms with van der Waals surface area (Å²) in [6.45, 7) is 0. The summed E-state index contributed by atoms with van der Waals surface area (Å²) in [5, 5.41) is 2.55. The molecule has 3 aliphatic carbocycles. The number of fused-ring (bicyclic) bond motifs is 4. The van der Waals surface area contributed by atoms with Gasteiger partial charge in [0.1, 0.15) is 0 Å². The summed E-state index contributed by atoms with van der Waals surface area (Å²) in [5.74, 6) is 1.48. The Hall–Kier alpha value is -3.84. The lowest BCUT2D eigenvalue weighted by molar-refractivity contribution is 0.527. The third-order valence-corrected chi connectivity index (χ3v) is 8.38. The maximum atomic E-state index is 2.54. The Balaban J connectivity index is 1.48. The maximum Gasteiger partial charge on any atom is 0.0546 e. The third-order valence-electron chi connectivity index (χ3n) is 8.38. The molecule has 5 aromatic carbocycles. The van der Waals surface area contributed by atoms with Gasteiger partial charge in [0.25, 0.3) is 0 Å². The highest BCUT2D eigenvalue weighted by molar-refractivity contribution is 5.98. The van der Waals surface area contributed by atoms with Gasteiger partial charge in [0.05, 0.1) is 5.69 Å². The molecule has 1 heteroatoms. The first kappa shape index (κ1) is 21.4. The van der Waals surface area contributed by atoms with Crippen LogP contribution >= 0.6 is 0 Å². The molecule has 8 rings (SSSR count). The van der Waals surface area contributed by atoms with Crippen molar-refractivity contribution < 1.29 is 0 Å². The van der Waals surface area contributed by atoms with E-state index >= 15 is 0 Å². The monoisotopic (exact) mass is 465 g/mol. The number of hydrogen-bond donors (Lipinski definition) is 0. The van der Waals surface area contributed by atoms with Crippen LogP contribution in [0, 0.1) is 0 Å². The van der Waals surface area contributed by atoms with E-state index in [4.69, 9.17) is 0 Å². The lowest BCUT2D eigenvalue weighted by Gasteiger charge is -2.30. The molecule has 5 aromatic rings. The van der Waals surface area contributed by atoms with Crippen molar-refractivity contribution in [3.05, 3.63) is 126 Å². The molecule has 0 saturated heterocycles. The molecule has 0 heterocycles. The predicted molar refractivity (Wildman–Crippen MR) is 153 cm³/mol. The molecule has 0 N–H and O–H groups in total. The lowest BCUT2D eigenvalue weighted by Crippen LogP contribution is -2.12. The van der Waals surface area contributed by atoms with Gasteiger partial charge in [0, 0.05) is 16.9 Å². The van der Waals surface area contributed by atoms with Gasteiger partial charge in [-0.15, -0.1) is 0 Å². The van der Waals surface area contributed by atoms with E-state index in [1.165, 1.54) is 71.1 Å². The SMILES string of the molecule is c1ccc(N(c2ccccc2)c2cc3ccccc3cc2-c2ccc3c(c2)C2CCCC3CC2)cc1. The molecular formula is C35H31N. The Bertz CT molecular complexity index is 1480. The van der Waals surface area contributed by atoms with E-state index in [9.17, 15) is 0 Å². The zero-order valence-electron chi connectivity index (χ0n) is 20.6. The van der Waals surface area contributed by atoms with Crippen molar-refractivity contribution in [3.63, 3.8) is 0 Å². The quantitative estimate of drug-likeness (QED) is 0.255. The molecule has 2 bridgehead atoms. The molecule has 0 amide bonds. The highest BCUT2D eigenvalue weighted by atomic mass is 15.1. The normalized spacial score (nSPS) is 18.6. The van der Waals surface area contributed by atoms with Gasteiger partial charge in [0.2, 0.25) is 0 Å². The van der Waals surface area contributed by atoms with Gasteiger partial charge in [-0.05, 0) is 101 Å². The van der Waals surface area contributed by atoms with Crippen LogP contribution in [0.2, 0.25) is 0 Å². The number of anilines is 3. The van der Waals surface area contributed by atoms with Crippen molar-refractivity contribution in [1.82, 2.24) is 0 Å². The van der Waals surface area contributed by atoms with Gasteiger partial charge >= 0.3 is 0 Å². The summed E-state index contributed by atoms with van der Waals surface area (Å²) < 4.78 is 0. The van der Waals surface area contributed by atoms with Crippen molar-refractivity contribution in [2.45, 2.75) is 43.9 Å². The summed E-state index contributed by atoms with van der Waals surface area (Å²) in [4.78, 5) is 2.42. The Morgan fingerprint density at radius 3 is 1.75 bits per heavy atom. The summed E-state index contributed by atoms with van der Waals surface area (Å²) in [7, 11) is 0. The second kappa shape index (κ2) is 8.99. The van der Waals surface area contributed by atoms with Crippen LogP contribution in [0.5, 0.6) is 0 Å². The Morgan fingerprint density at radius 2 is 1.08 bits per heavy atom. The fourth-order valence-corrected chi connectivity index (χ4v) is 6.62. The van der Waals surface area contributed by atoms with E-state index in [1.807, 2.05) is 0 Å². The number of rotatable bonds is 4. The molecule has 1 saturated carbocycles. The zero-order valence-corrected chi connectivity index (χ0v) is 20.6. The zero-order chi connectivity index (χ0) is 23.9. The topological polar surface area (TPSA) is 3.24 Å². The smallest absolute Gasteiger partial charge is 0.0546 e. The molecule has 2 atom stereocenters. The van der Waals surface area contributed by atoms with Crippen LogP contribution in [0.25, 0.3) is 21.9 Å². The van der Waals surface area contributed by atoms with Crippen molar-refractivity contribution in [2.24, 2.45) is 0 Å². The fraction of sp³-hybridized carbons (Fsp3) is 0.200. The molecule has 0 aliphatic heterocycles. The number of hydrogen-bond acceptors (Lipinski definition) is 1. The van der Waals surface area contributed by atoms with Gasteiger partial charge in [0.15, 0.2) is 0 Å². The standard InChI is InChI=1S/C35H31N/c1-3-14-30(15-4-1)36(31-16-5-2-6-17-31)35-24-28-11-8-7-10-27(28)22-34(35)29-20-21-32-25-12-9-13-26(19-18-25)33(32)23-29/h1-8,10-11,14-17,20-26H,9,12-13,18-19H2. The lowest BCUT2D eigenvalue weighted by atomic mass is 9.77. The van der Waals surface area contributed by atoms with Crippen LogP contribution in [0.1, 0.15) is 55.1 Å². The first-order valence-corrected chi connectivity index (χ1v) is 13.4. The van der Waals surface area contributed by atoms with Gasteiger partial charge in [-0.1, -0.05) is 85.3 Å². The van der Waals surface area contributed by atoms with Crippen LogP contribution < -0.4 is 4.90 Å². The van der Waals surface area contributed by atoms with Crippen LogP contribution in [-0.2, 0) is 0 Å². The molecule has 3 aliphatic rings. The summed E-state index contributed by atoms with van der Waals surface area (Å²) >= 11 is 0. The maximum absolute atomic E-state index is 2.54. The molecule has 2 unspecified atom stereocenters. The van der Waals surface area contributed by atoms with E-state index in [-0.39, 0.29) is 0 Å². The molecule has 0 aromatic heterocycles. The number of para-hydroxylation sites is 2. The minimum absolute atomic E-state index is 0.724. The highest BCUT2D eigenvalue weighted by Gasteiger charge is 2.31.